The molecule has 0 unspecified atom stereocenters. The van der Waals surface area contributed by atoms with Crippen LogP contribution in [0.4, 0.5) is 0 Å². The zero-order valence-electron chi connectivity index (χ0n) is 13.5. The first kappa shape index (κ1) is 15.7. The van der Waals surface area contributed by atoms with Gasteiger partial charge in [0.1, 0.15) is 24.7 Å². The average molecular weight is 355 g/mol. The third-order valence-electron chi connectivity index (χ3n) is 3.98. The maximum atomic E-state index is 6.09. The van der Waals surface area contributed by atoms with Crippen LogP contribution in [0.1, 0.15) is 0 Å². The highest BCUT2D eigenvalue weighted by atomic mass is 35.5. The van der Waals surface area contributed by atoms with Gasteiger partial charge in [0.15, 0.2) is 16.7 Å². The number of fused-ring (bicyclic) bond motifs is 1. The monoisotopic (exact) mass is 354 g/mol. The molecular weight excluding hydrogens is 340 g/mol. The minimum Gasteiger partial charge on any atom is -0.497 e. The minimum absolute atomic E-state index is 0.340. The number of methoxy groups -OCH3 is 1. The largest absolute Gasteiger partial charge is 0.497 e. The molecule has 0 amide bonds. The van der Waals surface area contributed by atoms with Crippen LogP contribution in [0.2, 0.25) is 5.15 Å². The van der Waals surface area contributed by atoms with Crippen molar-refractivity contribution < 1.29 is 14.2 Å². The summed E-state index contributed by atoms with van der Waals surface area (Å²) in [5.74, 6) is 2.24. The average Bonchev–Trinajstić information content (AvgIpc) is 2.67. The third kappa shape index (κ3) is 3.10. The smallest absolute Gasteiger partial charge is 0.162 e. The summed E-state index contributed by atoms with van der Waals surface area (Å²) in [5.41, 5.74) is 3.48. The topological polar surface area (TPSA) is 53.5 Å². The van der Waals surface area contributed by atoms with Crippen LogP contribution < -0.4 is 14.2 Å². The number of ether oxygens (including phenoxy) is 3. The van der Waals surface area contributed by atoms with Crippen molar-refractivity contribution in [3.63, 3.8) is 0 Å². The molecule has 5 nitrogen and oxygen atoms in total. The Labute approximate surface area is 150 Å². The summed E-state index contributed by atoms with van der Waals surface area (Å²) >= 11 is 6.09. The van der Waals surface area contributed by atoms with Gasteiger partial charge in [-0.05, 0) is 42.0 Å². The molecule has 6 heteroatoms. The first-order valence-electron chi connectivity index (χ1n) is 7.82. The molecule has 0 bridgehead atoms. The van der Waals surface area contributed by atoms with Gasteiger partial charge in [-0.3, -0.25) is 0 Å². The Kier molecular flexibility index (Phi) is 4.15. The van der Waals surface area contributed by atoms with Crippen LogP contribution in [-0.4, -0.2) is 30.5 Å². The van der Waals surface area contributed by atoms with E-state index in [9.17, 15) is 0 Å². The zero-order chi connectivity index (χ0) is 17.2. The number of halogens is 1. The molecule has 1 aliphatic rings. The Morgan fingerprint density at radius 3 is 2.36 bits per heavy atom. The predicted molar refractivity (Wildman–Crippen MR) is 95.5 cm³/mol. The Bertz CT molecular complexity index is 913. The molecule has 0 aliphatic carbocycles. The molecule has 0 atom stereocenters. The molecular formula is C19H15ClN2O3. The van der Waals surface area contributed by atoms with Crippen molar-refractivity contribution in [2.24, 2.45) is 0 Å². The number of nitrogens with zero attached hydrogens (tertiary/aromatic N) is 2. The number of rotatable bonds is 3. The van der Waals surface area contributed by atoms with Crippen molar-refractivity contribution in [2.45, 2.75) is 0 Å². The Balaban J connectivity index is 1.82. The van der Waals surface area contributed by atoms with E-state index in [1.165, 1.54) is 0 Å². The minimum atomic E-state index is 0.340. The molecule has 1 aromatic heterocycles. The Morgan fingerprint density at radius 1 is 0.880 bits per heavy atom. The summed E-state index contributed by atoms with van der Waals surface area (Å²) in [7, 11) is 1.64. The van der Waals surface area contributed by atoms with Gasteiger partial charge < -0.3 is 14.2 Å². The van der Waals surface area contributed by atoms with Gasteiger partial charge in [0, 0.05) is 11.1 Å². The lowest BCUT2D eigenvalue weighted by Gasteiger charge is -2.19. The molecule has 2 aromatic carbocycles. The van der Waals surface area contributed by atoms with E-state index in [0.717, 1.165) is 33.9 Å². The van der Waals surface area contributed by atoms with Gasteiger partial charge in [0.25, 0.3) is 0 Å². The van der Waals surface area contributed by atoms with Crippen molar-refractivity contribution in [3.05, 3.63) is 53.7 Å². The summed E-state index contributed by atoms with van der Waals surface area (Å²) in [6.07, 6.45) is 0. The van der Waals surface area contributed by atoms with E-state index >= 15 is 0 Å². The van der Waals surface area contributed by atoms with E-state index in [0.29, 0.717) is 24.1 Å². The summed E-state index contributed by atoms with van der Waals surface area (Å²) in [6.45, 7) is 1.10. The van der Waals surface area contributed by atoms with Gasteiger partial charge in [-0.1, -0.05) is 23.7 Å². The maximum Gasteiger partial charge on any atom is 0.162 e. The lowest BCUT2D eigenvalue weighted by molar-refractivity contribution is 0.171. The van der Waals surface area contributed by atoms with Crippen molar-refractivity contribution in [3.8, 4) is 39.6 Å². The maximum absolute atomic E-state index is 6.09. The van der Waals surface area contributed by atoms with Gasteiger partial charge in [0.05, 0.1) is 7.11 Å². The van der Waals surface area contributed by atoms with Gasteiger partial charge >= 0.3 is 0 Å². The van der Waals surface area contributed by atoms with Gasteiger partial charge in [-0.2, -0.15) is 0 Å². The number of aromatic nitrogens is 2. The highest BCUT2D eigenvalue weighted by Crippen LogP contribution is 2.37. The molecule has 0 spiro atoms. The molecule has 25 heavy (non-hydrogen) atoms. The molecule has 3 aromatic rings. The Hall–Kier alpha value is -2.79. The van der Waals surface area contributed by atoms with Crippen molar-refractivity contribution in [1.29, 1.82) is 0 Å². The van der Waals surface area contributed by atoms with Crippen LogP contribution in [0, 0.1) is 0 Å². The number of hydrogen-bond donors (Lipinski definition) is 0. The zero-order valence-corrected chi connectivity index (χ0v) is 14.3. The van der Waals surface area contributed by atoms with Crippen LogP contribution in [-0.2, 0) is 0 Å². The first-order chi connectivity index (χ1) is 12.2. The van der Waals surface area contributed by atoms with E-state index in [-0.39, 0.29) is 0 Å². The molecule has 0 fully saturated rings. The van der Waals surface area contributed by atoms with Crippen LogP contribution in [0.15, 0.2) is 48.5 Å². The van der Waals surface area contributed by atoms with E-state index < -0.39 is 0 Å². The number of benzene rings is 2. The van der Waals surface area contributed by atoms with Crippen LogP contribution in [0.3, 0.4) is 0 Å². The molecule has 0 radical (unpaired) electrons. The molecule has 0 saturated carbocycles. The van der Waals surface area contributed by atoms with E-state index in [1.54, 1.807) is 7.11 Å². The molecule has 4 rings (SSSR count). The predicted octanol–water partition coefficient (Wildman–Crippen LogP) is 4.24. The van der Waals surface area contributed by atoms with Crippen LogP contribution in [0.25, 0.3) is 22.4 Å². The highest BCUT2D eigenvalue weighted by Gasteiger charge is 2.16. The fourth-order valence-electron chi connectivity index (χ4n) is 2.76. The molecule has 0 N–H and O–H groups in total. The molecule has 2 heterocycles. The first-order valence-corrected chi connectivity index (χ1v) is 8.20. The lowest BCUT2D eigenvalue weighted by Crippen LogP contribution is -2.15. The molecule has 1 aliphatic heterocycles. The van der Waals surface area contributed by atoms with Crippen molar-refractivity contribution in [2.75, 3.05) is 20.3 Å². The van der Waals surface area contributed by atoms with E-state index in [4.69, 9.17) is 25.8 Å². The van der Waals surface area contributed by atoms with Crippen LogP contribution in [0.5, 0.6) is 17.2 Å². The fourth-order valence-corrected chi connectivity index (χ4v) is 2.91. The SMILES string of the molecule is COc1ccc(-c2cc(Cl)nnc2-c2ccc3c(c2)OCCO3)cc1. The standard InChI is InChI=1S/C19H15ClN2O3/c1-23-14-5-2-12(3-6-14)15-11-18(20)21-22-19(15)13-4-7-16-17(10-13)25-9-8-24-16/h2-7,10-11H,8-9H2,1H3. The van der Waals surface area contributed by atoms with Crippen LogP contribution >= 0.6 is 11.6 Å². The second-order valence-electron chi connectivity index (χ2n) is 5.52. The normalized spacial score (nSPS) is 12.7. The summed E-state index contributed by atoms with van der Waals surface area (Å²) in [5, 5.41) is 8.65. The molecule has 126 valence electrons. The summed E-state index contributed by atoms with van der Waals surface area (Å²) < 4.78 is 16.5. The van der Waals surface area contributed by atoms with E-state index in [2.05, 4.69) is 10.2 Å². The summed E-state index contributed by atoms with van der Waals surface area (Å²) in [6, 6.07) is 15.3. The molecule has 0 saturated heterocycles. The lowest BCUT2D eigenvalue weighted by atomic mass is 9.99. The van der Waals surface area contributed by atoms with Crippen molar-refractivity contribution >= 4 is 11.6 Å². The van der Waals surface area contributed by atoms with E-state index in [1.807, 2.05) is 48.5 Å². The summed E-state index contributed by atoms with van der Waals surface area (Å²) in [4.78, 5) is 0. The highest BCUT2D eigenvalue weighted by molar-refractivity contribution is 6.29. The van der Waals surface area contributed by atoms with Gasteiger partial charge in [-0.15, -0.1) is 10.2 Å². The third-order valence-corrected chi connectivity index (χ3v) is 4.17. The van der Waals surface area contributed by atoms with Gasteiger partial charge in [0.2, 0.25) is 0 Å². The van der Waals surface area contributed by atoms with Gasteiger partial charge in [-0.25, -0.2) is 0 Å². The quantitative estimate of drug-likeness (QED) is 0.704. The Morgan fingerprint density at radius 2 is 1.60 bits per heavy atom. The number of hydrogen-bond acceptors (Lipinski definition) is 5. The fraction of sp³-hybridized carbons (Fsp3) is 0.158. The second kappa shape index (κ2) is 6.61. The van der Waals surface area contributed by atoms with Crippen molar-refractivity contribution in [1.82, 2.24) is 10.2 Å². The second-order valence-corrected chi connectivity index (χ2v) is 5.90.